The molecule has 0 fully saturated rings. The summed E-state index contributed by atoms with van der Waals surface area (Å²) >= 11 is 13.1. The molecule has 7 nitrogen and oxygen atoms in total. The molecule has 0 aliphatic heterocycles. The van der Waals surface area contributed by atoms with Crippen LogP contribution in [0.5, 0.6) is 0 Å². The molecule has 2 N–H and O–H groups in total. The number of hydrogen-bond donors (Lipinski definition) is 2. The van der Waals surface area contributed by atoms with E-state index in [0.717, 1.165) is 0 Å². The predicted molar refractivity (Wildman–Crippen MR) is 101 cm³/mol. The maximum atomic E-state index is 12.2. The number of amides is 2. The molecule has 2 aromatic rings. The van der Waals surface area contributed by atoms with Gasteiger partial charge >= 0.3 is 0 Å². The molecule has 1 aromatic heterocycles. The molecule has 0 bridgehead atoms. The van der Waals surface area contributed by atoms with Crippen LogP contribution < -0.4 is 10.6 Å². The molecule has 0 aliphatic rings. The van der Waals surface area contributed by atoms with E-state index >= 15 is 0 Å². The van der Waals surface area contributed by atoms with Crippen LogP contribution in [-0.4, -0.2) is 41.7 Å². The third-order valence-corrected chi connectivity index (χ3v) is 4.43. The van der Waals surface area contributed by atoms with Gasteiger partial charge in [0.25, 0.3) is 5.91 Å². The number of nitrogens with one attached hydrogen (secondary N) is 2. The van der Waals surface area contributed by atoms with E-state index in [-0.39, 0.29) is 13.0 Å². The summed E-state index contributed by atoms with van der Waals surface area (Å²) in [5.41, 5.74) is 0.739. The average molecular weight is 416 g/mol. The van der Waals surface area contributed by atoms with Gasteiger partial charge in [0.05, 0.1) is 6.61 Å². The zero-order chi connectivity index (χ0) is 19.1. The van der Waals surface area contributed by atoms with Crippen LogP contribution in [-0.2, 0) is 25.5 Å². The Morgan fingerprint density at radius 1 is 1.31 bits per heavy atom. The van der Waals surface area contributed by atoms with Crippen LogP contribution in [0.2, 0.25) is 5.02 Å². The number of Topliss-reactive ketones (excluding diaryl/α,β-unsaturated/α-hetero) is 1. The van der Waals surface area contributed by atoms with Gasteiger partial charge in [0.2, 0.25) is 11.7 Å². The molecule has 1 atom stereocenters. The van der Waals surface area contributed by atoms with Gasteiger partial charge in [-0.05, 0) is 17.7 Å². The minimum atomic E-state index is -0.907. The third kappa shape index (κ3) is 5.77. The number of alkyl halides is 1. The van der Waals surface area contributed by atoms with E-state index in [1.165, 1.54) is 30.7 Å². The van der Waals surface area contributed by atoms with Crippen LogP contribution in [0, 0.1) is 0 Å². The van der Waals surface area contributed by atoms with Gasteiger partial charge in [-0.3, -0.25) is 19.7 Å². The lowest BCUT2D eigenvalue weighted by Crippen LogP contribution is -2.28. The molecular weight excluding hydrogens is 401 g/mol. The summed E-state index contributed by atoms with van der Waals surface area (Å²) in [6.45, 7) is 0.0262. The number of benzene rings is 1. The molecular formula is C16H15Cl2N3O4S. The Hall–Kier alpha value is -2.00. The van der Waals surface area contributed by atoms with Crippen LogP contribution in [0.3, 0.4) is 0 Å². The summed E-state index contributed by atoms with van der Waals surface area (Å²) in [6, 6.07) is 4.61. The van der Waals surface area contributed by atoms with Crippen LogP contribution in [0.4, 0.5) is 10.8 Å². The molecule has 26 heavy (non-hydrogen) atoms. The van der Waals surface area contributed by atoms with E-state index in [4.69, 9.17) is 27.9 Å². The lowest BCUT2D eigenvalue weighted by molar-refractivity contribution is -0.134. The van der Waals surface area contributed by atoms with Crippen molar-refractivity contribution in [2.24, 2.45) is 0 Å². The van der Waals surface area contributed by atoms with Crippen molar-refractivity contribution in [1.29, 1.82) is 0 Å². The molecule has 1 unspecified atom stereocenters. The number of ketones is 1. The van der Waals surface area contributed by atoms with Crippen molar-refractivity contribution < 1.29 is 19.1 Å². The van der Waals surface area contributed by atoms with E-state index in [9.17, 15) is 14.4 Å². The van der Waals surface area contributed by atoms with Crippen molar-refractivity contribution in [3.8, 4) is 0 Å². The largest absolute Gasteiger partial charge is 0.383 e. The average Bonchev–Trinajstić information content (AvgIpc) is 3.10. The van der Waals surface area contributed by atoms with Crippen molar-refractivity contribution in [3.63, 3.8) is 0 Å². The minimum absolute atomic E-state index is 0.0262. The van der Waals surface area contributed by atoms with Gasteiger partial charge in [-0.25, -0.2) is 4.98 Å². The lowest BCUT2D eigenvalue weighted by atomic mass is 10.1. The maximum Gasteiger partial charge on any atom is 0.293 e. The van der Waals surface area contributed by atoms with Gasteiger partial charge in [0.1, 0.15) is 5.38 Å². The van der Waals surface area contributed by atoms with Gasteiger partial charge in [-0.1, -0.05) is 17.7 Å². The highest BCUT2D eigenvalue weighted by atomic mass is 35.5. The van der Waals surface area contributed by atoms with Crippen LogP contribution in [0.1, 0.15) is 5.56 Å². The minimum Gasteiger partial charge on any atom is -0.383 e. The normalized spacial score (nSPS) is 11.7. The second kappa shape index (κ2) is 9.63. The van der Waals surface area contributed by atoms with Gasteiger partial charge in [-0.15, -0.1) is 22.9 Å². The summed E-state index contributed by atoms with van der Waals surface area (Å²) in [5.74, 6) is -1.98. The number of aromatic nitrogens is 1. The van der Waals surface area contributed by atoms with Gasteiger partial charge in [-0.2, -0.15) is 0 Å². The standard InChI is InChI=1S/C16H15Cl2N3O4S/c1-25-8-11(18)14(23)20-12-7-10(17)3-2-9(12)6-13(22)15(24)21-16-19-4-5-26-16/h2-5,7,11H,6,8H2,1H3,(H,20,23)(H,19,21,24). The number of nitrogens with zero attached hydrogens (tertiary/aromatic N) is 1. The molecule has 0 saturated carbocycles. The smallest absolute Gasteiger partial charge is 0.293 e. The Labute approximate surface area is 163 Å². The highest BCUT2D eigenvalue weighted by Crippen LogP contribution is 2.23. The molecule has 138 valence electrons. The van der Waals surface area contributed by atoms with Gasteiger partial charge in [0, 0.05) is 35.8 Å². The summed E-state index contributed by atoms with van der Waals surface area (Å²) < 4.78 is 4.83. The first-order valence-corrected chi connectivity index (χ1v) is 9.06. The summed E-state index contributed by atoms with van der Waals surface area (Å²) in [7, 11) is 1.42. The maximum absolute atomic E-state index is 12.2. The summed E-state index contributed by atoms with van der Waals surface area (Å²) in [4.78, 5) is 40.1. The number of hydrogen-bond acceptors (Lipinski definition) is 6. The third-order valence-electron chi connectivity index (χ3n) is 3.18. The first-order valence-electron chi connectivity index (χ1n) is 7.36. The Balaban J connectivity index is 2.09. The van der Waals surface area contributed by atoms with Crippen molar-refractivity contribution in [1.82, 2.24) is 4.98 Å². The number of carbonyl (C=O) groups is 3. The van der Waals surface area contributed by atoms with Gasteiger partial charge in [0.15, 0.2) is 5.13 Å². The monoisotopic (exact) mass is 415 g/mol. The van der Waals surface area contributed by atoms with Crippen LogP contribution in [0.15, 0.2) is 29.8 Å². The Kier molecular flexibility index (Phi) is 7.52. The fourth-order valence-electron chi connectivity index (χ4n) is 1.96. The zero-order valence-corrected chi connectivity index (χ0v) is 16.0. The molecule has 10 heteroatoms. The predicted octanol–water partition coefficient (Wildman–Crippen LogP) is 2.74. The molecule has 2 amide bonds. The highest BCUT2D eigenvalue weighted by Gasteiger charge is 2.20. The van der Waals surface area contributed by atoms with Crippen molar-refractivity contribution in [2.75, 3.05) is 24.4 Å². The van der Waals surface area contributed by atoms with Crippen LogP contribution in [0.25, 0.3) is 0 Å². The fraction of sp³-hybridized carbons (Fsp3) is 0.250. The molecule has 2 rings (SSSR count). The number of anilines is 2. The van der Waals surface area contributed by atoms with E-state index < -0.39 is 23.0 Å². The Bertz CT molecular complexity index is 799. The fourth-order valence-corrected chi connectivity index (χ4v) is 2.83. The molecule has 0 radical (unpaired) electrons. The molecule has 0 saturated heterocycles. The van der Waals surface area contributed by atoms with Crippen molar-refractivity contribution in [3.05, 3.63) is 40.4 Å². The quantitative estimate of drug-likeness (QED) is 0.510. The zero-order valence-electron chi connectivity index (χ0n) is 13.6. The number of thiazole rings is 1. The number of methoxy groups -OCH3 is 1. The van der Waals surface area contributed by atoms with Crippen molar-refractivity contribution in [2.45, 2.75) is 11.8 Å². The highest BCUT2D eigenvalue weighted by molar-refractivity contribution is 7.13. The van der Waals surface area contributed by atoms with E-state index in [2.05, 4.69) is 15.6 Å². The van der Waals surface area contributed by atoms with Gasteiger partial charge < -0.3 is 10.1 Å². The summed E-state index contributed by atoms with van der Waals surface area (Å²) in [5, 5.41) is 6.48. The molecule has 0 aliphatic carbocycles. The van der Waals surface area contributed by atoms with E-state index in [1.54, 1.807) is 17.5 Å². The number of rotatable bonds is 8. The lowest BCUT2D eigenvalue weighted by Gasteiger charge is -2.13. The molecule has 1 heterocycles. The Morgan fingerprint density at radius 3 is 2.73 bits per heavy atom. The van der Waals surface area contributed by atoms with Crippen LogP contribution >= 0.6 is 34.5 Å². The van der Waals surface area contributed by atoms with Crippen molar-refractivity contribution >= 4 is 63.0 Å². The summed E-state index contributed by atoms with van der Waals surface area (Å²) in [6.07, 6.45) is 1.29. The topological polar surface area (TPSA) is 97.4 Å². The first-order chi connectivity index (χ1) is 12.4. The number of halogens is 2. The Morgan fingerprint density at radius 2 is 2.08 bits per heavy atom. The number of ether oxygens (including phenoxy) is 1. The second-order valence-corrected chi connectivity index (χ2v) is 6.96. The number of carbonyl (C=O) groups excluding carboxylic acids is 3. The second-order valence-electron chi connectivity index (χ2n) is 5.10. The van der Waals surface area contributed by atoms with E-state index in [0.29, 0.717) is 21.4 Å². The first kappa shape index (κ1) is 20.3. The SMILES string of the molecule is COCC(Cl)C(=O)Nc1cc(Cl)ccc1CC(=O)C(=O)Nc1nccs1. The molecule has 1 aromatic carbocycles. The molecule has 0 spiro atoms. The van der Waals surface area contributed by atoms with E-state index in [1.807, 2.05) is 0 Å².